The van der Waals surface area contributed by atoms with E-state index in [2.05, 4.69) is 64.5 Å². The number of cyclic esters (lactones) is 1. The molecule has 1 aromatic heterocycles. The average molecular weight is 1230 g/mol. The normalized spacial score (nSPS) is 32.5. The average Bonchev–Trinajstić information content (AvgIpc) is 1.87. The molecule has 2 bridgehead atoms. The lowest BCUT2D eigenvalue weighted by atomic mass is 9.81. The van der Waals surface area contributed by atoms with E-state index in [1.807, 2.05) is 56.0 Å². The van der Waals surface area contributed by atoms with Gasteiger partial charge in [0.2, 0.25) is 11.6 Å². The van der Waals surface area contributed by atoms with E-state index < -0.39 is 89.4 Å². The molecule has 0 unspecified atom stereocenters. The van der Waals surface area contributed by atoms with E-state index in [0.717, 1.165) is 78.6 Å². The number of fused-ring (bicyclic) bond motifs is 3. The molecule has 2 aromatic carbocycles. The van der Waals surface area contributed by atoms with Gasteiger partial charge in [-0.2, -0.15) is 5.21 Å². The predicted molar refractivity (Wildman–Crippen MR) is 336 cm³/mol. The number of methoxy groups -OCH3 is 3. The van der Waals surface area contributed by atoms with Crippen LogP contribution in [0.15, 0.2) is 89.5 Å². The maximum Gasteiger partial charge on any atom is 0.329 e. The van der Waals surface area contributed by atoms with Gasteiger partial charge in [0.15, 0.2) is 0 Å². The molecule has 20 nitrogen and oxygen atoms in total. The molecular weight excluding hydrogens is 1130 g/mol. The van der Waals surface area contributed by atoms with Crippen molar-refractivity contribution in [1.82, 2.24) is 30.4 Å². The third-order valence-corrected chi connectivity index (χ3v) is 19.5. The number of aromatic amines is 1. The second kappa shape index (κ2) is 31.3. The molecule has 5 heterocycles. The lowest BCUT2D eigenvalue weighted by Crippen LogP contribution is -2.64. The number of allylic oxidation sites excluding steroid dienone is 4. The zero-order valence-electron chi connectivity index (χ0n) is 53.8. The number of carbonyl (C=O) groups is 5. The van der Waals surface area contributed by atoms with Crippen LogP contribution in [-0.2, 0) is 54.2 Å². The highest BCUT2D eigenvalue weighted by atomic mass is 16.7. The predicted octanol–water partition coefficient (Wildman–Crippen LogP) is 9.42. The number of aliphatic hydroxyl groups is 3. The summed E-state index contributed by atoms with van der Waals surface area (Å²) in [5.74, 6) is -6.01. The topological polar surface area (TPSA) is 265 Å². The molecule has 4 N–H and O–H groups in total. The molecule has 20 heteroatoms. The summed E-state index contributed by atoms with van der Waals surface area (Å²) in [6, 6.07) is 15.3. The van der Waals surface area contributed by atoms with Gasteiger partial charge in [-0.25, -0.2) is 4.79 Å². The van der Waals surface area contributed by atoms with Crippen molar-refractivity contribution >= 4 is 35.2 Å². The zero-order valence-corrected chi connectivity index (χ0v) is 53.8. The van der Waals surface area contributed by atoms with Crippen molar-refractivity contribution in [2.75, 3.05) is 27.9 Å². The molecule has 4 aliphatic heterocycles. The second-order valence-electron chi connectivity index (χ2n) is 26.0. The van der Waals surface area contributed by atoms with Gasteiger partial charge >= 0.3 is 5.97 Å². The van der Waals surface area contributed by atoms with Gasteiger partial charge in [-0.1, -0.05) is 119 Å². The van der Waals surface area contributed by atoms with E-state index in [1.54, 1.807) is 27.0 Å². The highest BCUT2D eigenvalue weighted by Gasteiger charge is 2.57. The van der Waals surface area contributed by atoms with Crippen molar-refractivity contribution in [1.29, 1.82) is 0 Å². The lowest BCUT2D eigenvalue weighted by Gasteiger charge is -2.47. The number of carbonyl (C=O) groups excluding carboxylic acids is 5. The molecule has 6 aliphatic rings. The molecule has 2 saturated carbocycles. The largest absolute Gasteiger partial charge is 0.456 e. The minimum Gasteiger partial charge on any atom is -0.456 e. The Morgan fingerprint density at radius 3 is 2.21 bits per heavy atom. The Labute approximate surface area is 525 Å². The fraction of sp³-hybridized carbons (Fsp3) is 0.638. The van der Waals surface area contributed by atoms with Crippen LogP contribution >= 0.6 is 0 Å². The Hall–Kier alpha value is -6.13. The molecule has 2 saturated heterocycles. The van der Waals surface area contributed by atoms with Gasteiger partial charge in [-0.05, 0) is 137 Å². The van der Waals surface area contributed by atoms with Gasteiger partial charge in [0.1, 0.15) is 35.4 Å². The van der Waals surface area contributed by atoms with Crippen molar-refractivity contribution in [3.8, 4) is 22.5 Å². The van der Waals surface area contributed by atoms with Crippen LogP contribution in [0.2, 0.25) is 0 Å². The number of unbranched alkanes of at least 4 members (excludes halogenated alkanes) is 1. The van der Waals surface area contributed by atoms with Gasteiger partial charge in [-0.15, -0.1) is 16.8 Å². The number of rotatable bonds is 14. The number of hydrogen-bond acceptors (Lipinski definition) is 17. The number of nitrogens with one attached hydrogen (secondary N) is 1. The standard InChI is InChI=1S/C44H69NO12.C25H28N6O/c1-10-13-31-19-25(2)18-26(3)20-37(54-8)40-38(55-9)22-28(5)44(52,57-40)41(49)42(50)45-17-12-11-14-32(45)43(51)56-39(29(6)34(47)24-35(31)48)27(4)21-30-15-16-33(46)36(23-30)53-7;1-2-3-10-22-26-25(15-6-7-16-25)24(32)31(22)17-18-11-13-19(14-12-18)20-8-4-5-9-21(20)23-27-29-30-28-23/h10,19,21,26,28-34,36-40,46-47,52H,1,11-18,20,22-24H2,2-9H3;4-5,8-9,11-14H,2-3,6-7,10,15-17H2,1H3,(H,27,28,29,30)/b25-19+,27-21+;/t26-,28+,29+,30-,31+,32-,33+,34-,36+,37-,38-,39+,40+,44+;/m0./s1. The van der Waals surface area contributed by atoms with Crippen molar-refractivity contribution < 1.29 is 63.0 Å². The maximum absolute atomic E-state index is 14.3. The van der Waals surface area contributed by atoms with Crippen LogP contribution in [0, 0.1) is 29.6 Å². The maximum atomic E-state index is 14.3. The van der Waals surface area contributed by atoms with Crippen molar-refractivity contribution in [2.45, 2.75) is 224 Å². The minimum atomic E-state index is -2.51. The summed E-state index contributed by atoms with van der Waals surface area (Å²) in [7, 11) is 4.61. The number of hydrogen-bond donors (Lipinski definition) is 4. The minimum absolute atomic E-state index is 0.00988. The highest BCUT2D eigenvalue weighted by molar-refractivity contribution is 6.39. The number of amidine groups is 1. The summed E-state index contributed by atoms with van der Waals surface area (Å²) >= 11 is 0. The lowest BCUT2D eigenvalue weighted by molar-refractivity contribution is -0.302. The molecule has 2 aliphatic carbocycles. The van der Waals surface area contributed by atoms with Crippen LogP contribution in [0.1, 0.15) is 163 Å². The Morgan fingerprint density at radius 1 is 0.854 bits per heavy atom. The Morgan fingerprint density at radius 2 is 1.55 bits per heavy atom. The van der Waals surface area contributed by atoms with Crippen LogP contribution in [0.3, 0.4) is 0 Å². The fourth-order valence-corrected chi connectivity index (χ4v) is 14.3. The Bertz CT molecular complexity index is 3000. The van der Waals surface area contributed by atoms with Crippen molar-refractivity contribution in [2.24, 2.45) is 34.6 Å². The fourth-order valence-electron chi connectivity index (χ4n) is 14.3. The van der Waals surface area contributed by atoms with E-state index in [-0.39, 0.29) is 55.4 Å². The number of tetrazole rings is 1. The molecule has 1 spiro atoms. The second-order valence-corrected chi connectivity index (χ2v) is 26.0. The third kappa shape index (κ3) is 16.1. The molecule has 9 rings (SSSR count). The number of ketones is 2. The van der Waals surface area contributed by atoms with E-state index in [9.17, 15) is 39.3 Å². The molecule has 0 radical (unpaired) electrons. The number of esters is 1. The van der Waals surface area contributed by atoms with Crippen molar-refractivity contribution in [3.63, 3.8) is 0 Å². The number of piperidine rings is 1. The molecule has 14 atom stereocenters. The first kappa shape index (κ1) is 68.8. The van der Waals surface area contributed by atoms with E-state index in [0.29, 0.717) is 69.3 Å². The molecule has 3 aromatic rings. The number of benzene rings is 2. The van der Waals surface area contributed by atoms with Gasteiger partial charge in [0, 0.05) is 64.0 Å². The number of aliphatic hydroxyl groups excluding tert-OH is 2. The number of amides is 2. The Kier molecular flexibility index (Phi) is 24.2. The number of ether oxygens (including phenoxy) is 5. The van der Waals surface area contributed by atoms with Gasteiger partial charge in [0.05, 0.1) is 37.1 Å². The Balaban J connectivity index is 0.000000267. The molecule has 89 heavy (non-hydrogen) atoms. The van der Waals surface area contributed by atoms with Crippen LogP contribution in [0.25, 0.3) is 22.5 Å². The van der Waals surface area contributed by atoms with E-state index in [1.165, 1.54) is 19.1 Å². The number of aliphatic imine (C=N–C) groups is 1. The first-order valence-corrected chi connectivity index (χ1v) is 32.4. The zero-order chi connectivity index (χ0) is 64.2. The number of H-pyrrole nitrogens is 1. The molecule has 486 valence electrons. The number of nitrogens with zero attached hydrogens (tertiary/aromatic N) is 6. The summed E-state index contributed by atoms with van der Waals surface area (Å²) in [6.45, 7) is 15.9. The van der Waals surface area contributed by atoms with Gasteiger partial charge < -0.3 is 43.9 Å². The van der Waals surface area contributed by atoms with Crippen LogP contribution < -0.4 is 0 Å². The first-order valence-electron chi connectivity index (χ1n) is 32.4. The molecular formula is C69H97N7O13. The van der Waals surface area contributed by atoms with E-state index in [4.69, 9.17) is 28.7 Å². The number of Topliss-reactive ketones (excluding diaryl/α,β-unsaturated/α-hetero) is 2. The third-order valence-electron chi connectivity index (χ3n) is 19.5. The summed E-state index contributed by atoms with van der Waals surface area (Å²) < 4.78 is 29.7. The van der Waals surface area contributed by atoms with Gasteiger partial charge in [-0.3, -0.25) is 29.1 Å². The first-order chi connectivity index (χ1) is 42.7. The van der Waals surface area contributed by atoms with E-state index >= 15 is 0 Å². The molecule has 2 amide bonds. The smallest absolute Gasteiger partial charge is 0.329 e. The summed E-state index contributed by atoms with van der Waals surface area (Å²) in [5, 5.41) is 48.6. The van der Waals surface area contributed by atoms with Crippen molar-refractivity contribution in [3.05, 3.63) is 90.0 Å². The van der Waals surface area contributed by atoms with Crippen LogP contribution in [-0.4, -0.2) is 169 Å². The van der Waals surface area contributed by atoms with Gasteiger partial charge in [0.25, 0.3) is 17.6 Å². The monoisotopic (exact) mass is 1230 g/mol. The summed E-state index contributed by atoms with van der Waals surface area (Å²) in [5.41, 5.74) is 5.30. The summed E-state index contributed by atoms with van der Waals surface area (Å²) in [6.07, 6.45) is 11.9. The SMILES string of the molecule is C=CC[C@@H]1/C=C(\C)C[C@H](C)C[C@H](OC)[C@H]2O[C@@](O)(C(=O)C(=O)N3CCCC[C@H]3C(=O)O[C@H](/C(C)=C/[C@@H]3CC[C@@H](O)[C@H](OC)C3)[C@H](C)[C@@H](O)CC1=O)[C@H](C)C[C@@H]2OC.CCCCC1=NC2(CCCC2)C(=O)N1Cc1ccc(-c2ccccc2-c2nn[nH]n2)cc1. The molecule has 4 fully saturated rings. The summed E-state index contributed by atoms with van der Waals surface area (Å²) in [4.78, 5) is 78.1. The highest BCUT2D eigenvalue weighted by Crippen LogP contribution is 2.42. The van der Waals surface area contributed by atoms with Crippen LogP contribution in [0.5, 0.6) is 0 Å². The van der Waals surface area contributed by atoms with Crippen LogP contribution in [0.4, 0.5) is 0 Å². The number of aromatic nitrogens is 4. The quantitative estimate of drug-likeness (QED) is 0.0665.